The standard InChI is InChI=1S/C17H22N2O5/c1-11(2)17(3,10-18)19-15(20)9-24-13-7-6-12(16(21)23-5)8-14(13)22-4/h6-8,11H,9H2,1-5H3,(H,19,20)/t17-/m1/s1. The maximum atomic E-state index is 12.0. The van der Waals surface area contributed by atoms with Gasteiger partial charge in [-0.15, -0.1) is 0 Å². The Labute approximate surface area is 141 Å². The minimum atomic E-state index is -0.973. The van der Waals surface area contributed by atoms with Gasteiger partial charge in [-0.1, -0.05) is 13.8 Å². The molecular formula is C17H22N2O5. The molecule has 1 aromatic carbocycles. The van der Waals surface area contributed by atoms with Gasteiger partial charge in [-0.25, -0.2) is 4.79 Å². The smallest absolute Gasteiger partial charge is 0.337 e. The molecule has 0 heterocycles. The van der Waals surface area contributed by atoms with Gasteiger partial charge in [0.15, 0.2) is 18.1 Å². The van der Waals surface area contributed by atoms with Crippen molar-refractivity contribution in [2.45, 2.75) is 26.3 Å². The Hall–Kier alpha value is -2.75. The van der Waals surface area contributed by atoms with E-state index in [4.69, 9.17) is 9.47 Å². The molecule has 0 aliphatic heterocycles. The Balaban J connectivity index is 2.79. The second kappa shape index (κ2) is 8.20. The molecule has 0 bridgehead atoms. The van der Waals surface area contributed by atoms with Crippen LogP contribution in [0.4, 0.5) is 0 Å². The minimum absolute atomic E-state index is 0.0553. The summed E-state index contributed by atoms with van der Waals surface area (Å²) in [4.78, 5) is 23.5. The van der Waals surface area contributed by atoms with Crippen LogP contribution >= 0.6 is 0 Å². The molecule has 0 saturated carbocycles. The van der Waals surface area contributed by atoms with Crippen molar-refractivity contribution in [3.05, 3.63) is 23.8 Å². The summed E-state index contributed by atoms with van der Waals surface area (Å²) in [5.41, 5.74) is -0.665. The van der Waals surface area contributed by atoms with Crippen molar-refractivity contribution in [2.75, 3.05) is 20.8 Å². The van der Waals surface area contributed by atoms with Crippen molar-refractivity contribution < 1.29 is 23.8 Å². The first-order valence-electron chi connectivity index (χ1n) is 7.38. The predicted molar refractivity (Wildman–Crippen MR) is 86.8 cm³/mol. The first-order chi connectivity index (χ1) is 11.3. The number of carbonyl (C=O) groups excluding carboxylic acids is 2. The minimum Gasteiger partial charge on any atom is -0.493 e. The number of rotatable bonds is 7. The van der Waals surface area contributed by atoms with E-state index in [1.165, 1.54) is 32.4 Å². The second-order valence-corrected chi connectivity index (χ2v) is 5.66. The maximum Gasteiger partial charge on any atom is 0.337 e. The molecule has 0 spiro atoms. The van der Waals surface area contributed by atoms with E-state index in [0.29, 0.717) is 17.1 Å². The Morgan fingerprint density at radius 3 is 2.46 bits per heavy atom. The number of nitrogens with one attached hydrogen (secondary N) is 1. The largest absolute Gasteiger partial charge is 0.493 e. The molecule has 0 saturated heterocycles. The molecule has 7 heteroatoms. The zero-order valence-electron chi connectivity index (χ0n) is 14.5. The van der Waals surface area contributed by atoms with Crippen LogP contribution in [-0.2, 0) is 9.53 Å². The van der Waals surface area contributed by atoms with Crippen LogP contribution in [0.25, 0.3) is 0 Å². The zero-order chi connectivity index (χ0) is 18.3. The van der Waals surface area contributed by atoms with E-state index < -0.39 is 17.4 Å². The van der Waals surface area contributed by atoms with E-state index in [0.717, 1.165) is 0 Å². The summed E-state index contributed by atoms with van der Waals surface area (Å²) in [5.74, 6) is -0.368. The van der Waals surface area contributed by atoms with Crippen molar-refractivity contribution in [3.8, 4) is 17.6 Å². The number of carbonyl (C=O) groups is 2. The molecule has 0 fully saturated rings. The van der Waals surface area contributed by atoms with Crippen molar-refractivity contribution in [1.82, 2.24) is 5.32 Å². The van der Waals surface area contributed by atoms with Crippen molar-refractivity contribution in [3.63, 3.8) is 0 Å². The fourth-order valence-electron chi connectivity index (χ4n) is 1.80. The summed E-state index contributed by atoms with van der Waals surface area (Å²) < 4.78 is 15.2. The molecule has 0 aliphatic rings. The van der Waals surface area contributed by atoms with Crippen molar-refractivity contribution in [1.29, 1.82) is 5.26 Å². The first kappa shape index (κ1) is 19.3. The second-order valence-electron chi connectivity index (χ2n) is 5.66. The SMILES string of the molecule is COC(=O)c1ccc(OCC(=O)N[C@](C)(C#N)C(C)C)c(OC)c1. The molecule has 1 rings (SSSR count). The molecule has 7 nitrogen and oxygen atoms in total. The lowest BCUT2D eigenvalue weighted by Crippen LogP contribution is -2.50. The number of hydrogen-bond donors (Lipinski definition) is 1. The van der Waals surface area contributed by atoms with E-state index in [9.17, 15) is 14.9 Å². The molecular weight excluding hydrogens is 312 g/mol. The molecule has 0 aromatic heterocycles. The van der Waals surface area contributed by atoms with Crippen LogP contribution in [0.2, 0.25) is 0 Å². The van der Waals surface area contributed by atoms with Gasteiger partial charge in [-0.3, -0.25) is 4.79 Å². The normalized spacial score (nSPS) is 12.7. The molecule has 1 atom stereocenters. The molecule has 0 unspecified atom stereocenters. The number of methoxy groups -OCH3 is 2. The zero-order valence-corrected chi connectivity index (χ0v) is 14.5. The number of esters is 1. The molecule has 0 aliphatic carbocycles. The van der Waals surface area contributed by atoms with E-state index >= 15 is 0 Å². The van der Waals surface area contributed by atoms with Gasteiger partial charge in [0, 0.05) is 0 Å². The number of amides is 1. The fourth-order valence-corrected chi connectivity index (χ4v) is 1.80. The van der Waals surface area contributed by atoms with Crippen LogP contribution in [0.15, 0.2) is 18.2 Å². The topological polar surface area (TPSA) is 97.6 Å². The van der Waals surface area contributed by atoms with Gasteiger partial charge in [0.2, 0.25) is 0 Å². The Morgan fingerprint density at radius 2 is 1.96 bits per heavy atom. The van der Waals surface area contributed by atoms with Gasteiger partial charge in [-0.05, 0) is 31.0 Å². The van der Waals surface area contributed by atoms with Crippen molar-refractivity contribution in [2.24, 2.45) is 5.92 Å². The van der Waals surface area contributed by atoms with Crippen molar-refractivity contribution >= 4 is 11.9 Å². The van der Waals surface area contributed by atoms with Gasteiger partial charge >= 0.3 is 5.97 Å². The van der Waals surface area contributed by atoms with Crippen LogP contribution in [-0.4, -0.2) is 38.2 Å². The lowest BCUT2D eigenvalue weighted by molar-refractivity contribution is -0.124. The van der Waals surface area contributed by atoms with Crippen LogP contribution in [0.1, 0.15) is 31.1 Å². The Bertz CT molecular complexity index is 651. The van der Waals surface area contributed by atoms with Gasteiger partial charge in [-0.2, -0.15) is 5.26 Å². The summed E-state index contributed by atoms with van der Waals surface area (Å²) in [6, 6.07) is 6.58. The number of ether oxygens (including phenoxy) is 3. The highest BCUT2D eigenvalue weighted by Crippen LogP contribution is 2.28. The average Bonchev–Trinajstić information content (AvgIpc) is 2.58. The molecule has 130 valence electrons. The van der Waals surface area contributed by atoms with Gasteiger partial charge in [0.25, 0.3) is 5.91 Å². The quantitative estimate of drug-likeness (QED) is 0.765. The van der Waals surface area contributed by atoms with E-state index in [1.54, 1.807) is 6.92 Å². The lowest BCUT2D eigenvalue weighted by atomic mass is 9.90. The third-order valence-electron chi connectivity index (χ3n) is 3.73. The third-order valence-corrected chi connectivity index (χ3v) is 3.73. The monoisotopic (exact) mass is 334 g/mol. The van der Waals surface area contributed by atoms with Crippen LogP contribution < -0.4 is 14.8 Å². The summed E-state index contributed by atoms with van der Waals surface area (Å²) in [6.45, 7) is 5.07. The molecule has 24 heavy (non-hydrogen) atoms. The number of hydrogen-bond acceptors (Lipinski definition) is 6. The van der Waals surface area contributed by atoms with Crippen LogP contribution in [0.5, 0.6) is 11.5 Å². The van der Waals surface area contributed by atoms with Gasteiger partial charge in [0.1, 0.15) is 5.54 Å². The van der Waals surface area contributed by atoms with Gasteiger partial charge in [0.05, 0.1) is 25.9 Å². The van der Waals surface area contributed by atoms with E-state index in [-0.39, 0.29) is 12.5 Å². The first-order valence-corrected chi connectivity index (χ1v) is 7.38. The summed E-state index contributed by atoms with van der Waals surface area (Å²) in [6.07, 6.45) is 0. The van der Waals surface area contributed by atoms with E-state index in [1.807, 2.05) is 13.8 Å². The summed E-state index contributed by atoms with van der Waals surface area (Å²) in [5, 5.41) is 11.9. The van der Waals surface area contributed by atoms with E-state index in [2.05, 4.69) is 16.1 Å². The molecule has 1 aromatic rings. The number of nitriles is 1. The number of nitrogens with zero attached hydrogens (tertiary/aromatic N) is 1. The maximum absolute atomic E-state index is 12.0. The number of benzene rings is 1. The summed E-state index contributed by atoms with van der Waals surface area (Å²) in [7, 11) is 2.71. The third kappa shape index (κ3) is 4.62. The predicted octanol–water partition coefficient (Wildman–Crippen LogP) is 1.92. The van der Waals surface area contributed by atoms with Gasteiger partial charge < -0.3 is 19.5 Å². The molecule has 1 amide bonds. The highest BCUT2D eigenvalue weighted by atomic mass is 16.5. The highest BCUT2D eigenvalue weighted by Gasteiger charge is 2.30. The lowest BCUT2D eigenvalue weighted by Gasteiger charge is -2.27. The molecule has 0 radical (unpaired) electrons. The van der Waals surface area contributed by atoms with Crippen LogP contribution in [0, 0.1) is 17.2 Å². The van der Waals surface area contributed by atoms with Crippen LogP contribution in [0.3, 0.4) is 0 Å². The highest BCUT2D eigenvalue weighted by molar-refractivity contribution is 5.90. The molecule has 1 N–H and O–H groups in total. The fraction of sp³-hybridized carbons (Fsp3) is 0.471. The Kier molecular flexibility index (Phi) is 6.59. The average molecular weight is 334 g/mol. The Morgan fingerprint density at radius 1 is 1.29 bits per heavy atom. The summed E-state index contributed by atoms with van der Waals surface area (Å²) >= 11 is 0.